The predicted octanol–water partition coefficient (Wildman–Crippen LogP) is 2.96. The fraction of sp³-hybridized carbons (Fsp3) is 0.833. The number of amides is 1. The van der Waals surface area contributed by atoms with Crippen molar-refractivity contribution in [1.82, 2.24) is 10.2 Å². The van der Waals surface area contributed by atoms with Crippen LogP contribution >= 0.6 is 0 Å². The second-order valence-electron chi connectivity index (χ2n) is 7.24. The fourth-order valence-electron chi connectivity index (χ4n) is 3.17. The highest BCUT2D eigenvalue weighted by Gasteiger charge is 2.46. The number of nitrogens with zero attached hydrogens (tertiary/aromatic N) is 1. The molecule has 0 aromatic rings. The molecule has 6 heteroatoms. The van der Waals surface area contributed by atoms with Crippen LogP contribution in [0.2, 0.25) is 0 Å². The molecule has 1 aliphatic carbocycles. The molecule has 0 aromatic carbocycles. The molecule has 0 unspecified atom stereocenters. The zero-order valence-electron chi connectivity index (χ0n) is 14.9. The maximum absolute atomic E-state index is 12.1. The van der Waals surface area contributed by atoms with Crippen LogP contribution < -0.4 is 5.32 Å². The summed E-state index contributed by atoms with van der Waals surface area (Å²) in [6, 6.07) is 0. The van der Waals surface area contributed by atoms with Crippen LogP contribution in [0, 0.1) is 5.41 Å². The smallest absolute Gasteiger partial charge is 0.326 e. The van der Waals surface area contributed by atoms with E-state index in [4.69, 9.17) is 10.1 Å². The molecule has 1 amide bonds. The van der Waals surface area contributed by atoms with Gasteiger partial charge in [-0.2, -0.15) is 0 Å². The van der Waals surface area contributed by atoms with Crippen LogP contribution in [0.5, 0.6) is 0 Å². The Kier molecular flexibility index (Phi) is 7.06. The minimum atomic E-state index is -0.310. The summed E-state index contributed by atoms with van der Waals surface area (Å²) < 4.78 is 5.65. The van der Waals surface area contributed by atoms with Crippen LogP contribution in [-0.2, 0) is 14.3 Å². The number of carbonyl (C=O) groups excluding carboxylic acids is 2. The van der Waals surface area contributed by atoms with Crippen molar-refractivity contribution in [3.8, 4) is 0 Å². The molecule has 6 nitrogen and oxygen atoms in total. The number of nitrogens with one attached hydrogen (secondary N) is 2. The van der Waals surface area contributed by atoms with E-state index in [0.717, 1.165) is 38.5 Å². The largest absolute Gasteiger partial charge is 0.458 e. The van der Waals surface area contributed by atoms with E-state index in [2.05, 4.69) is 5.32 Å². The van der Waals surface area contributed by atoms with E-state index in [1.165, 1.54) is 37.0 Å². The predicted molar refractivity (Wildman–Crippen MR) is 92.7 cm³/mol. The summed E-state index contributed by atoms with van der Waals surface area (Å²) in [5.41, 5.74) is -0.241. The molecule has 1 saturated heterocycles. The van der Waals surface area contributed by atoms with Crippen LogP contribution in [0.3, 0.4) is 0 Å². The van der Waals surface area contributed by atoms with Gasteiger partial charge in [-0.3, -0.25) is 20.3 Å². The SMILES string of the molecule is CN1CC(=O)OC2(CCCCCCCCCCC(=O)NC1=N)CC2. The lowest BCUT2D eigenvalue weighted by molar-refractivity contribution is -0.152. The number of carbonyl (C=O) groups is 2. The molecular weight excluding hydrogens is 306 g/mol. The van der Waals surface area contributed by atoms with Crippen LogP contribution in [0.4, 0.5) is 0 Å². The molecule has 0 aromatic heterocycles. The average molecular weight is 337 g/mol. The lowest BCUT2D eigenvalue weighted by Crippen LogP contribution is -2.44. The third kappa shape index (κ3) is 6.49. The Balaban J connectivity index is 1.86. The van der Waals surface area contributed by atoms with Gasteiger partial charge < -0.3 is 9.64 Å². The second kappa shape index (κ2) is 9.04. The van der Waals surface area contributed by atoms with Crippen molar-refractivity contribution in [1.29, 1.82) is 5.41 Å². The Hall–Kier alpha value is -1.59. The topological polar surface area (TPSA) is 82.5 Å². The normalized spacial score (nSPS) is 24.7. The quantitative estimate of drug-likeness (QED) is 0.666. The van der Waals surface area contributed by atoms with Crippen molar-refractivity contribution in [3.05, 3.63) is 0 Å². The van der Waals surface area contributed by atoms with E-state index in [1.807, 2.05) is 0 Å². The summed E-state index contributed by atoms with van der Waals surface area (Å²) in [7, 11) is 1.63. The number of ether oxygens (including phenoxy) is 1. The summed E-state index contributed by atoms with van der Waals surface area (Å²) in [5, 5.41) is 10.4. The molecule has 0 bridgehead atoms. The highest BCUT2D eigenvalue weighted by atomic mass is 16.6. The van der Waals surface area contributed by atoms with Gasteiger partial charge in [0.15, 0.2) is 5.96 Å². The Morgan fingerprint density at radius 3 is 2.17 bits per heavy atom. The second-order valence-corrected chi connectivity index (χ2v) is 7.24. The summed E-state index contributed by atoms with van der Waals surface area (Å²) in [6.07, 6.45) is 12.4. The molecule has 1 spiro atoms. The number of hydrogen-bond donors (Lipinski definition) is 2. The molecule has 136 valence electrons. The van der Waals surface area contributed by atoms with Crippen LogP contribution in [0.25, 0.3) is 0 Å². The van der Waals surface area contributed by atoms with Crippen LogP contribution in [0.1, 0.15) is 77.0 Å². The summed E-state index contributed by atoms with van der Waals surface area (Å²) in [4.78, 5) is 25.4. The van der Waals surface area contributed by atoms with Gasteiger partial charge in [0, 0.05) is 13.5 Å². The first-order chi connectivity index (χ1) is 11.5. The van der Waals surface area contributed by atoms with Gasteiger partial charge in [0.25, 0.3) is 0 Å². The number of esters is 1. The van der Waals surface area contributed by atoms with E-state index >= 15 is 0 Å². The van der Waals surface area contributed by atoms with Gasteiger partial charge >= 0.3 is 5.97 Å². The Morgan fingerprint density at radius 2 is 1.54 bits per heavy atom. The maximum Gasteiger partial charge on any atom is 0.326 e. The Labute approximate surface area is 144 Å². The molecular formula is C18H31N3O3. The molecule has 2 aliphatic rings. The van der Waals surface area contributed by atoms with Crippen molar-refractivity contribution in [2.45, 2.75) is 82.7 Å². The Morgan fingerprint density at radius 1 is 0.958 bits per heavy atom. The molecule has 1 heterocycles. The van der Waals surface area contributed by atoms with E-state index < -0.39 is 0 Å². The van der Waals surface area contributed by atoms with E-state index in [0.29, 0.717) is 6.42 Å². The Bertz CT molecular complexity index is 460. The number of guanidine groups is 1. The first-order valence-corrected chi connectivity index (χ1v) is 9.32. The number of rotatable bonds is 0. The fourth-order valence-corrected chi connectivity index (χ4v) is 3.17. The van der Waals surface area contributed by atoms with Crippen molar-refractivity contribution < 1.29 is 14.3 Å². The zero-order chi connectivity index (χ0) is 17.4. The molecule has 0 radical (unpaired) electrons. The molecule has 1 aliphatic heterocycles. The highest BCUT2D eigenvalue weighted by Crippen LogP contribution is 2.44. The van der Waals surface area contributed by atoms with E-state index in [1.54, 1.807) is 7.05 Å². The standard InChI is InChI=1S/C18H31N3O3/c1-21-14-16(23)24-18(12-13-18)11-9-7-5-3-2-4-6-8-10-15(22)20-17(21)19/h2-14H2,1H3,(H2,19,20,22). The maximum atomic E-state index is 12.1. The van der Waals surface area contributed by atoms with Gasteiger partial charge in [-0.25, -0.2) is 0 Å². The van der Waals surface area contributed by atoms with Gasteiger partial charge in [0.1, 0.15) is 12.1 Å². The first-order valence-electron chi connectivity index (χ1n) is 9.32. The van der Waals surface area contributed by atoms with Crippen LogP contribution in [0.15, 0.2) is 0 Å². The lowest BCUT2D eigenvalue weighted by atomic mass is 10.0. The highest BCUT2D eigenvalue weighted by molar-refractivity contribution is 5.96. The van der Waals surface area contributed by atoms with Gasteiger partial charge in [0.2, 0.25) is 5.91 Å². The number of likely N-dealkylation sites (N-methyl/N-ethyl adjacent to an activating group) is 1. The number of hydrogen-bond acceptors (Lipinski definition) is 4. The van der Waals surface area contributed by atoms with Gasteiger partial charge in [0.05, 0.1) is 0 Å². The minimum absolute atomic E-state index is 0.000856. The van der Waals surface area contributed by atoms with E-state index in [9.17, 15) is 9.59 Å². The molecule has 1 saturated carbocycles. The lowest BCUT2D eigenvalue weighted by Gasteiger charge is -2.22. The zero-order valence-corrected chi connectivity index (χ0v) is 14.9. The minimum Gasteiger partial charge on any atom is -0.458 e. The monoisotopic (exact) mass is 337 g/mol. The molecule has 0 atom stereocenters. The summed E-state index contributed by atoms with van der Waals surface area (Å²) in [5.74, 6) is -0.502. The summed E-state index contributed by atoms with van der Waals surface area (Å²) in [6.45, 7) is 0.000856. The van der Waals surface area contributed by atoms with Crippen molar-refractivity contribution in [2.24, 2.45) is 0 Å². The third-order valence-corrected chi connectivity index (χ3v) is 4.93. The van der Waals surface area contributed by atoms with Crippen LogP contribution in [-0.4, -0.2) is 41.9 Å². The molecule has 24 heavy (non-hydrogen) atoms. The van der Waals surface area contributed by atoms with Crippen molar-refractivity contribution in [3.63, 3.8) is 0 Å². The van der Waals surface area contributed by atoms with Crippen molar-refractivity contribution >= 4 is 17.8 Å². The average Bonchev–Trinajstić information content (AvgIpc) is 3.27. The van der Waals surface area contributed by atoms with Gasteiger partial charge in [-0.1, -0.05) is 38.5 Å². The molecule has 2 rings (SSSR count). The summed E-state index contributed by atoms with van der Waals surface area (Å²) >= 11 is 0. The van der Waals surface area contributed by atoms with Gasteiger partial charge in [-0.05, 0) is 32.1 Å². The van der Waals surface area contributed by atoms with Gasteiger partial charge in [-0.15, -0.1) is 0 Å². The van der Waals surface area contributed by atoms with Crippen molar-refractivity contribution in [2.75, 3.05) is 13.6 Å². The molecule has 2 N–H and O–H groups in total. The molecule has 2 fully saturated rings. The first kappa shape index (κ1) is 18.7. The van der Waals surface area contributed by atoms with E-state index in [-0.39, 0.29) is 30.0 Å². The third-order valence-electron chi connectivity index (χ3n) is 4.93.